The number of aromatic nitrogens is 1. The van der Waals surface area contributed by atoms with Crippen molar-refractivity contribution in [3.05, 3.63) is 35.2 Å². The molecule has 0 saturated heterocycles. The zero-order valence-electron chi connectivity index (χ0n) is 8.56. The van der Waals surface area contributed by atoms with Crippen molar-refractivity contribution in [2.75, 3.05) is 6.54 Å². The molecule has 2 heterocycles. The second kappa shape index (κ2) is 3.84. The Morgan fingerprint density at radius 1 is 1.43 bits per heavy atom. The number of H-pyrrole nitrogens is 1. The van der Waals surface area contributed by atoms with Crippen LogP contribution in [0.3, 0.4) is 0 Å². The Bertz CT molecular complexity index is 372. The fourth-order valence-electron chi connectivity index (χ4n) is 1.99. The molecule has 2 N–H and O–H groups in total. The molecule has 0 amide bonds. The summed E-state index contributed by atoms with van der Waals surface area (Å²) in [6.07, 6.45) is 7.21. The van der Waals surface area contributed by atoms with Gasteiger partial charge >= 0.3 is 0 Å². The predicted octanol–water partition coefficient (Wildman–Crippen LogP) is 2.34. The molecule has 1 aromatic rings. The Morgan fingerprint density at radius 3 is 3.00 bits per heavy atom. The molecule has 0 saturated carbocycles. The van der Waals surface area contributed by atoms with E-state index in [0.717, 1.165) is 25.2 Å². The second-order valence-electron chi connectivity index (χ2n) is 3.54. The minimum Gasteiger partial charge on any atom is -0.358 e. The van der Waals surface area contributed by atoms with Gasteiger partial charge in [0.05, 0.1) is 0 Å². The number of rotatable bonds is 2. The van der Waals surface area contributed by atoms with Crippen LogP contribution < -0.4 is 5.32 Å². The zero-order chi connectivity index (χ0) is 9.97. The first kappa shape index (κ1) is 9.28. The normalized spacial score (nSPS) is 15.8. The van der Waals surface area contributed by atoms with Gasteiger partial charge in [-0.15, -0.1) is 0 Å². The summed E-state index contributed by atoms with van der Waals surface area (Å²) in [5, 5.41) is 3.39. The first-order valence-corrected chi connectivity index (χ1v) is 5.06. The van der Waals surface area contributed by atoms with E-state index >= 15 is 0 Å². The van der Waals surface area contributed by atoms with Gasteiger partial charge in [-0.1, -0.05) is 18.7 Å². The Labute approximate surface area is 84.7 Å². The van der Waals surface area contributed by atoms with Crippen LogP contribution in [0.4, 0.5) is 0 Å². The van der Waals surface area contributed by atoms with Gasteiger partial charge in [-0.2, -0.15) is 0 Å². The number of aromatic amines is 1. The van der Waals surface area contributed by atoms with Crippen LogP contribution in [-0.2, 0) is 13.0 Å². The SMILES string of the molecule is C=Cc1[nH]c2c(c1/C=C\C)CNCC2. The monoisotopic (exact) mass is 188 g/mol. The van der Waals surface area contributed by atoms with Gasteiger partial charge in [-0.05, 0) is 18.6 Å². The highest BCUT2D eigenvalue weighted by Gasteiger charge is 2.16. The third-order valence-electron chi connectivity index (χ3n) is 2.66. The zero-order valence-corrected chi connectivity index (χ0v) is 8.56. The van der Waals surface area contributed by atoms with Gasteiger partial charge in [0.1, 0.15) is 0 Å². The molecule has 1 aliphatic heterocycles. The summed E-state index contributed by atoms with van der Waals surface area (Å²) < 4.78 is 0. The van der Waals surface area contributed by atoms with Crippen molar-refractivity contribution in [3.8, 4) is 0 Å². The van der Waals surface area contributed by atoms with Gasteiger partial charge in [0.15, 0.2) is 0 Å². The lowest BCUT2D eigenvalue weighted by Crippen LogP contribution is -2.23. The lowest BCUT2D eigenvalue weighted by Gasteiger charge is -2.13. The number of fused-ring (bicyclic) bond motifs is 1. The van der Waals surface area contributed by atoms with Gasteiger partial charge in [0, 0.05) is 36.5 Å². The van der Waals surface area contributed by atoms with Crippen molar-refractivity contribution in [1.82, 2.24) is 10.3 Å². The Balaban J connectivity index is 2.52. The number of hydrogen-bond acceptors (Lipinski definition) is 1. The minimum atomic E-state index is 0.972. The highest BCUT2D eigenvalue weighted by Crippen LogP contribution is 2.24. The van der Waals surface area contributed by atoms with Crippen LogP contribution >= 0.6 is 0 Å². The van der Waals surface area contributed by atoms with E-state index in [0.29, 0.717) is 0 Å². The maximum atomic E-state index is 3.83. The first-order chi connectivity index (χ1) is 6.86. The summed E-state index contributed by atoms with van der Waals surface area (Å²) in [5.41, 5.74) is 5.22. The van der Waals surface area contributed by atoms with E-state index in [2.05, 4.69) is 29.0 Å². The Kier molecular flexibility index (Phi) is 2.55. The third kappa shape index (κ3) is 1.42. The molecule has 0 aliphatic carbocycles. The highest BCUT2D eigenvalue weighted by molar-refractivity contribution is 5.67. The maximum Gasteiger partial charge on any atom is 0.0453 e. The van der Waals surface area contributed by atoms with Gasteiger partial charge < -0.3 is 10.3 Å². The molecule has 0 fully saturated rings. The Hall–Kier alpha value is -1.28. The highest BCUT2D eigenvalue weighted by atomic mass is 14.9. The molecule has 2 heteroatoms. The third-order valence-corrected chi connectivity index (χ3v) is 2.66. The summed E-state index contributed by atoms with van der Waals surface area (Å²) in [6.45, 7) is 7.92. The van der Waals surface area contributed by atoms with Crippen LogP contribution in [0.15, 0.2) is 12.7 Å². The first-order valence-electron chi connectivity index (χ1n) is 5.06. The van der Waals surface area contributed by atoms with Crippen LogP contribution in [-0.4, -0.2) is 11.5 Å². The molecule has 2 rings (SSSR count). The molecule has 0 bridgehead atoms. The van der Waals surface area contributed by atoms with Crippen molar-refractivity contribution in [2.24, 2.45) is 0 Å². The molecule has 0 spiro atoms. The molecular weight excluding hydrogens is 172 g/mol. The summed E-state index contributed by atoms with van der Waals surface area (Å²) in [4.78, 5) is 3.43. The van der Waals surface area contributed by atoms with Gasteiger partial charge in [0.2, 0.25) is 0 Å². The molecule has 2 nitrogen and oxygen atoms in total. The number of hydrogen-bond donors (Lipinski definition) is 2. The van der Waals surface area contributed by atoms with Crippen molar-refractivity contribution in [1.29, 1.82) is 0 Å². The summed E-state index contributed by atoms with van der Waals surface area (Å²) in [5.74, 6) is 0. The molecule has 0 radical (unpaired) electrons. The van der Waals surface area contributed by atoms with E-state index in [4.69, 9.17) is 0 Å². The largest absolute Gasteiger partial charge is 0.358 e. The van der Waals surface area contributed by atoms with Crippen LogP contribution in [0.2, 0.25) is 0 Å². The van der Waals surface area contributed by atoms with Crippen molar-refractivity contribution >= 4 is 12.2 Å². The molecule has 14 heavy (non-hydrogen) atoms. The van der Waals surface area contributed by atoms with Gasteiger partial charge in [-0.3, -0.25) is 0 Å². The van der Waals surface area contributed by atoms with Crippen LogP contribution in [0.5, 0.6) is 0 Å². The molecule has 1 aliphatic rings. The van der Waals surface area contributed by atoms with E-state index in [1.165, 1.54) is 16.8 Å². The number of nitrogens with one attached hydrogen (secondary N) is 2. The van der Waals surface area contributed by atoms with E-state index in [-0.39, 0.29) is 0 Å². The van der Waals surface area contributed by atoms with Crippen LogP contribution in [0.25, 0.3) is 12.2 Å². The van der Waals surface area contributed by atoms with Gasteiger partial charge in [0.25, 0.3) is 0 Å². The predicted molar refractivity (Wildman–Crippen MR) is 61.0 cm³/mol. The summed E-state index contributed by atoms with van der Waals surface area (Å²) >= 11 is 0. The maximum absolute atomic E-state index is 3.83. The van der Waals surface area contributed by atoms with E-state index in [9.17, 15) is 0 Å². The van der Waals surface area contributed by atoms with Crippen molar-refractivity contribution in [2.45, 2.75) is 19.9 Å². The van der Waals surface area contributed by atoms with E-state index in [1.807, 2.05) is 13.0 Å². The molecule has 0 aromatic carbocycles. The van der Waals surface area contributed by atoms with Crippen molar-refractivity contribution < 1.29 is 0 Å². The fraction of sp³-hybridized carbons (Fsp3) is 0.333. The average Bonchev–Trinajstić information content (AvgIpc) is 2.58. The van der Waals surface area contributed by atoms with E-state index < -0.39 is 0 Å². The van der Waals surface area contributed by atoms with Crippen LogP contribution in [0, 0.1) is 0 Å². The molecule has 0 unspecified atom stereocenters. The topological polar surface area (TPSA) is 27.8 Å². The van der Waals surface area contributed by atoms with Gasteiger partial charge in [-0.25, -0.2) is 0 Å². The lowest BCUT2D eigenvalue weighted by atomic mass is 10.0. The van der Waals surface area contributed by atoms with Crippen molar-refractivity contribution in [3.63, 3.8) is 0 Å². The fourth-order valence-corrected chi connectivity index (χ4v) is 1.99. The second-order valence-corrected chi connectivity index (χ2v) is 3.54. The lowest BCUT2D eigenvalue weighted by molar-refractivity contribution is 0.637. The number of allylic oxidation sites excluding steroid dienone is 1. The van der Waals surface area contributed by atoms with Crippen LogP contribution in [0.1, 0.15) is 29.4 Å². The molecule has 74 valence electrons. The molecule has 0 atom stereocenters. The summed E-state index contributed by atoms with van der Waals surface area (Å²) in [7, 11) is 0. The quantitative estimate of drug-likeness (QED) is 0.732. The Morgan fingerprint density at radius 2 is 2.29 bits per heavy atom. The molecule has 1 aromatic heterocycles. The van der Waals surface area contributed by atoms with E-state index in [1.54, 1.807) is 0 Å². The average molecular weight is 188 g/mol. The standard InChI is InChI=1S/C12H16N2/c1-3-5-9-10-8-13-7-6-12(10)14-11(9)4-2/h3-5,13-14H,2,6-8H2,1H3/b5-3-. The molecular formula is C12H16N2. The minimum absolute atomic E-state index is 0.972. The summed E-state index contributed by atoms with van der Waals surface area (Å²) in [6, 6.07) is 0. The smallest absolute Gasteiger partial charge is 0.0453 e.